The number of rotatable bonds is 4. The predicted molar refractivity (Wildman–Crippen MR) is 86.2 cm³/mol. The molecule has 0 aliphatic rings. The molecule has 0 spiro atoms. The topological polar surface area (TPSA) is 59.3 Å². The van der Waals surface area contributed by atoms with Gasteiger partial charge < -0.3 is 4.42 Å². The molecular weight excluding hydrogens is 298 g/mol. The van der Waals surface area contributed by atoms with E-state index in [9.17, 15) is 8.42 Å². The molecule has 3 aromatic rings. The van der Waals surface area contributed by atoms with Crippen molar-refractivity contribution in [3.05, 3.63) is 65.6 Å². The van der Waals surface area contributed by atoms with Gasteiger partial charge in [0.1, 0.15) is 11.5 Å². The summed E-state index contributed by atoms with van der Waals surface area (Å²) in [5.41, 5.74) is 0.849. The summed E-state index contributed by atoms with van der Waals surface area (Å²) in [6.07, 6.45) is 0. The van der Waals surface area contributed by atoms with Crippen molar-refractivity contribution in [2.24, 2.45) is 0 Å². The van der Waals surface area contributed by atoms with Gasteiger partial charge in [0.2, 0.25) is 10.0 Å². The summed E-state index contributed by atoms with van der Waals surface area (Å²) in [7, 11) is -3.55. The first-order valence-corrected chi connectivity index (χ1v) is 8.48. The van der Waals surface area contributed by atoms with Crippen LogP contribution in [0.25, 0.3) is 10.8 Å². The second-order valence-electron chi connectivity index (χ2n) is 5.27. The number of hydrogen-bond acceptors (Lipinski definition) is 3. The molecule has 0 saturated heterocycles. The monoisotopic (exact) mass is 315 g/mol. The molecule has 0 radical (unpaired) electrons. The van der Waals surface area contributed by atoms with Crippen molar-refractivity contribution in [2.75, 3.05) is 0 Å². The second-order valence-corrected chi connectivity index (χ2v) is 7.04. The fourth-order valence-electron chi connectivity index (χ4n) is 2.45. The Balaban J connectivity index is 1.86. The van der Waals surface area contributed by atoms with Gasteiger partial charge in [0.25, 0.3) is 0 Å². The van der Waals surface area contributed by atoms with Crippen molar-refractivity contribution >= 4 is 20.8 Å². The minimum Gasteiger partial charge on any atom is -0.466 e. The molecule has 5 heteroatoms. The largest absolute Gasteiger partial charge is 0.466 e. The summed E-state index contributed by atoms with van der Waals surface area (Å²) >= 11 is 0. The molecule has 0 bridgehead atoms. The number of sulfonamides is 1. The van der Waals surface area contributed by atoms with Crippen molar-refractivity contribution < 1.29 is 12.8 Å². The van der Waals surface area contributed by atoms with Crippen LogP contribution in [-0.4, -0.2) is 8.42 Å². The first-order chi connectivity index (χ1) is 10.5. The molecule has 0 aliphatic carbocycles. The Morgan fingerprint density at radius 3 is 2.41 bits per heavy atom. The van der Waals surface area contributed by atoms with Gasteiger partial charge in [-0.1, -0.05) is 30.3 Å². The van der Waals surface area contributed by atoms with Gasteiger partial charge in [0.15, 0.2) is 0 Å². The van der Waals surface area contributed by atoms with Crippen LogP contribution in [0.1, 0.15) is 17.1 Å². The van der Waals surface area contributed by atoms with Gasteiger partial charge in [0, 0.05) is 12.1 Å². The predicted octanol–water partition coefficient (Wildman–Crippen LogP) is 3.53. The molecule has 1 heterocycles. The number of hydrogen-bond donors (Lipinski definition) is 1. The number of fused-ring (bicyclic) bond motifs is 1. The van der Waals surface area contributed by atoms with Gasteiger partial charge in [-0.2, -0.15) is 0 Å². The fraction of sp³-hybridized carbons (Fsp3) is 0.176. The standard InChI is InChI=1S/C17H17NO3S/c1-12-9-16(13(2)21-12)11-18-22(19,20)17-8-7-14-5-3-4-6-15(14)10-17/h3-10,18H,11H2,1-2H3. The fourth-order valence-corrected chi connectivity index (χ4v) is 3.49. The molecule has 1 N–H and O–H groups in total. The molecule has 0 atom stereocenters. The maximum absolute atomic E-state index is 12.4. The molecule has 0 amide bonds. The van der Waals surface area contributed by atoms with E-state index < -0.39 is 10.0 Å². The van der Waals surface area contributed by atoms with E-state index >= 15 is 0 Å². The van der Waals surface area contributed by atoms with E-state index in [1.807, 2.05) is 50.2 Å². The molecule has 2 aromatic carbocycles. The highest BCUT2D eigenvalue weighted by molar-refractivity contribution is 7.89. The quantitative estimate of drug-likeness (QED) is 0.801. The Labute approximate surface area is 129 Å². The number of benzene rings is 2. The van der Waals surface area contributed by atoms with Crippen molar-refractivity contribution in [1.29, 1.82) is 0 Å². The van der Waals surface area contributed by atoms with Gasteiger partial charge in [-0.3, -0.25) is 0 Å². The lowest BCUT2D eigenvalue weighted by Gasteiger charge is -2.07. The average molecular weight is 315 g/mol. The summed E-state index contributed by atoms with van der Waals surface area (Å²) in [5.74, 6) is 1.51. The second kappa shape index (κ2) is 5.59. The summed E-state index contributed by atoms with van der Waals surface area (Å²) in [4.78, 5) is 0.268. The summed E-state index contributed by atoms with van der Waals surface area (Å²) in [5, 5.41) is 1.92. The third-order valence-corrected chi connectivity index (χ3v) is 5.03. The highest BCUT2D eigenvalue weighted by Crippen LogP contribution is 2.20. The van der Waals surface area contributed by atoms with E-state index in [1.54, 1.807) is 12.1 Å². The lowest BCUT2D eigenvalue weighted by atomic mass is 10.1. The maximum Gasteiger partial charge on any atom is 0.240 e. The summed E-state index contributed by atoms with van der Waals surface area (Å²) in [6, 6.07) is 14.6. The van der Waals surface area contributed by atoms with Crippen LogP contribution in [0.15, 0.2) is 57.8 Å². The lowest BCUT2D eigenvalue weighted by molar-refractivity contribution is 0.500. The van der Waals surface area contributed by atoms with Crippen LogP contribution in [0.3, 0.4) is 0 Å². The van der Waals surface area contributed by atoms with Crippen LogP contribution in [0.2, 0.25) is 0 Å². The zero-order valence-corrected chi connectivity index (χ0v) is 13.3. The van der Waals surface area contributed by atoms with Crippen LogP contribution in [0.4, 0.5) is 0 Å². The summed E-state index contributed by atoms with van der Waals surface area (Å²) in [6.45, 7) is 3.89. The van der Waals surface area contributed by atoms with Crippen LogP contribution in [0, 0.1) is 13.8 Å². The van der Waals surface area contributed by atoms with Gasteiger partial charge in [-0.25, -0.2) is 13.1 Å². The molecule has 0 saturated carbocycles. The summed E-state index contributed by atoms with van der Waals surface area (Å²) < 4.78 is 32.9. The maximum atomic E-state index is 12.4. The minimum atomic E-state index is -3.55. The highest BCUT2D eigenvalue weighted by Gasteiger charge is 2.15. The molecule has 0 unspecified atom stereocenters. The number of aryl methyl sites for hydroxylation is 2. The Morgan fingerprint density at radius 2 is 1.73 bits per heavy atom. The van der Waals surface area contributed by atoms with Crippen molar-refractivity contribution in [2.45, 2.75) is 25.3 Å². The van der Waals surface area contributed by atoms with E-state index in [0.29, 0.717) is 0 Å². The third-order valence-electron chi connectivity index (χ3n) is 3.63. The molecular formula is C17H17NO3S. The Bertz CT molecular complexity index is 926. The SMILES string of the molecule is Cc1cc(CNS(=O)(=O)c2ccc3ccccc3c2)c(C)o1. The van der Waals surface area contributed by atoms with E-state index in [-0.39, 0.29) is 11.4 Å². The van der Waals surface area contributed by atoms with Gasteiger partial charge in [0.05, 0.1) is 4.90 Å². The van der Waals surface area contributed by atoms with Crippen molar-refractivity contribution in [3.63, 3.8) is 0 Å². The molecule has 0 aliphatic heterocycles. The van der Waals surface area contributed by atoms with Crippen LogP contribution >= 0.6 is 0 Å². The van der Waals surface area contributed by atoms with Gasteiger partial charge in [-0.05, 0) is 42.8 Å². The van der Waals surface area contributed by atoms with E-state index in [0.717, 1.165) is 27.9 Å². The molecule has 22 heavy (non-hydrogen) atoms. The number of nitrogens with one attached hydrogen (secondary N) is 1. The van der Waals surface area contributed by atoms with E-state index in [4.69, 9.17) is 4.42 Å². The molecule has 114 valence electrons. The smallest absolute Gasteiger partial charge is 0.240 e. The minimum absolute atomic E-state index is 0.221. The van der Waals surface area contributed by atoms with Crippen LogP contribution in [0.5, 0.6) is 0 Å². The molecule has 0 fully saturated rings. The van der Waals surface area contributed by atoms with Gasteiger partial charge in [-0.15, -0.1) is 0 Å². The van der Waals surface area contributed by atoms with Crippen molar-refractivity contribution in [1.82, 2.24) is 4.72 Å². The Hall–Kier alpha value is -2.11. The average Bonchev–Trinajstić information content (AvgIpc) is 2.82. The third kappa shape index (κ3) is 2.91. The Kier molecular flexibility index (Phi) is 3.76. The molecule has 3 rings (SSSR count). The van der Waals surface area contributed by atoms with Crippen LogP contribution in [-0.2, 0) is 16.6 Å². The van der Waals surface area contributed by atoms with Crippen LogP contribution < -0.4 is 4.72 Å². The first-order valence-electron chi connectivity index (χ1n) is 7.00. The van der Waals surface area contributed by atoms with Gasteiger partial charge >= 0.3 is 0 Å². The zero-order chi connectivity index (χ0) is 15.7. The van der Waals surface area contributed by atoms with Crippen molar-refractivity contribution in [3.8, 4) is 0 Å². The van der Waals surface area contributed by atoms with E-state index in [2.05, 4.69) is 4.72 Å². The zero-order valence-electron chi connectivity index (χ0n) is 12.5. The normalized spacial score (nSPS) is 11.9. The number of furan rings is 1. The first kappa shape index (κ1) is 14.8. The Morgan fingerprint density at radius 1 is 1.00 bits per heavy atom. The van der Waals surface area contributed by atoms with E-state index in [1.165, 1.54) is 0 Å². The molecule has 4 nitrogen and oxygen atoms in total. The molecule has 1 aromatic heterocycles. The highest BCUT2D eigenvalue weighted by atomic mass is 32.2. The lowest BCUT2D eigenvalue weighted by Crippen LogP contribution is -2.23.